The lowest BCUT2D eigenvalue weighted by atomic mass is 10.1. The van der Waals surface area contributed by atoms with Crippen LogP contribution in [0.5, 0.6) is 0 Å². The predicted molar refractivity (Wildman–Crippen MR) is 96.7 cm³/mol. The van der Waals surface area contributed by atoms with Crippen LogP contribution in [0.15, 0.2) is 41.0 Å². The number of benzene rings is 1. The maximum atomic E-state index is 12.6. The molecule has 3 rings (SSSR count). The maximum absolute atomic E-state index is 12.6. The molecule has 0 spiro atoms. The van der Waals surface area contributed by atoms with E-state index < -0.39 is 0 Å². The number of oxazole rings is 1. The molecule has 138 valence electrons. The van der Waals surface area contributed by atoms with Gasteiger partial charge < -0.3 is 14.6 Å². The molecule has 1 atom stereocenters. The van der Waals surface area contributed by atoms with E-state index >= 15 is 0 Å². The summed E-state index contributed by atoms with van der Waals surface area (Å²) in [5.74, 6) is 0.183. The molecule has 0 radical (unpaired) electrons. The first kappa shape index (κ1) is 18.1. The van der Waals surface area contributed by atoms with Crippen LogP contribution in [0.3, 0.4) is 0 Å². The zero-order valence-electron chi connectivity index (χ0n) is 15.1. The van der Waals surface area contributed by atoms with Gasteiger partial charge in [-0.3, -0.25) is 14.5 Å². The fourth-order valence-corrected chi connectivity index (χ4v) is 3.23. The van der Waals surface area contributed by atoms with Gasteiger partial charge in [-0.05, 0) is 12.0 Å². The Kier molecular flexibility index (Phi) is 5.68. The molecule has 1 aromatic carbocycles. The largest absolute Gasteiger partial charge is 0.448 e. The second-order valence-corrected chi connectivity index (χ2v) is 6.40. The van der Waals surface area contributed by atoms with Gasteiger partial charge in [-0.25, -0.2) is 4.98 Å². The van der Waals surface area contributed by atoms with Crippen molar-refractivity contribution in [3.8, 4) is 0 Å². The van der Waals surface area contributed by atoms with Crippen LogP contribution < -0.4 is 5.32 Å². The third-order valence-electron chi connectivity index (χ3n) is 4.70. The molecule has 7 heteroatoms. The third kappa shape index (κ3) is 4.11. The zero-order chi connectivity index (χ0) is 18.5. The second kappa shape index (κ2) is 8.14. The summed E-state index contributed by atoms with van der Waals surface area (Å²) in [7, 11) is 1.62. The van der Waals surface area contributed by atoms with Crippen molar-refractivity contribution in [1.82, 2.24) is 20.1 Å². The van der Waals surface area contributed by atoms with Gasteiger partial charge in [0.2, 0.25) is 5.91 Å². The van der Waals surface area contributed by atoms with Crippen molar-refractivity contribution in [1.29, 1.82) is 0 Å². The van der Waals surface area contributed by atoms with Crippen LogP contribution in [0.1, 0.15) is 21.9 Å². The molecule has 1 aromatic heterocycles. The summed E-state index contributed by atoms with van der Waals surface area (Å²) in [5, 5.41) is 2.71. The molecule has 0 aliphatic carbocycles. The molecule has 0 bridgehead atoms. The fraction of sp³-hybridized carbons (Fsp3) is 0.421. The van der Waals surface area contributed by atoms with Gasteiger partial charge >= 0.3 is 0 Å². The quantitative estimate of drug-likeness (QED) is 0.868. The monoisotopic (exact) mass is 356 g/mol. The number of nitrogens with zero attached hydrogens (tertiary/aromatic N) is 3. The Bertz CT molecular complexity index is 759. The summed E-state index contributed by atoms with van der Waals surface area (Å²) in [6, 6.07) is 9.83. The van der Waals surface area contributed by atoms with Gasteiger partial charge in [0.1, 0.15) is 12.3 Å². The van der Waals surface area contributed by atoms with E-state index in [0.717, 1.165) is 13.0 Å². The third-order valence-corrected chi connectivity index (χ3v) is 4.70. The van der Waals surface area contributed by atoms with Crippen LogP contribution in [0.25, 0.3) is 0 Å². The van der Waals surface area contributed by atoms with Crippen molar-refractivity contribution in [3.63, 3.8) is 0 Å². The molecule has 1 aliphatic heterocycles. The molecule has 7 nitrogen and oxygen atoms in total. The van der Waals surface area contributed by atoms with Gasteiger partial charge in [0.05, 0.1) is 0 Å². The predicted octanol–water partition coefficient (Wildman–Crippen LogP) is 1.10. The average molecular weight is 356 g/mol. The number of nitrogens with one attached hydrogen (secondary N) is 1. The first-order valence-electron chi connectivity index (χ1n) is 8.79. The summed E-state index contributed by atoms with van der Waals surface area (Å²) >= 11 is 0. The smallest absolute Gasteiger partial charge is 0.275 e. The number of hydrogen-bond donors (Lipinski definition) is 1. The van der Waals surface area contributed by atoms with E-state index in [1.54, 1.807) is 18.9 Å². The van der Waals surface area contributed by atoms with Crippen molar-refractivity contribution in [2.45, 2.75) is 19.4 Å². The van der Waals surface area contributed by atoms with Crippen LogP contribution in [0, 0.1) is 6.92 Å². The van der Waals surface area contributed by atoms with E-state index in [1.807, 2.05) is 18.2 Å². The number of likely N-dealkylation sites (N-methyl/N-ethyl adjacent to an activating group) is 1. The van der Waals surface area contributed by atoms with Gasteiger partial charge in [0.25, 0.3) is 5.91 Å². The summed E-state index contributed by atoms with van der Waals surface area (Å²) in [5.41, 5.74) is 1.52. The number of carbonyl (C=O) groups is 2. The number of amides is 2. The van der Waals surface area contributed by atoms with Crippen LogP contribution in [-0.4, -0.2) is 65.9 Å². The average Bonchev–Trinajstić information content (AvgIpc) is 3.12. The lowest BCUT2D eigenvalue weighted by Crippen LogP contribution is -2.60. The Labute approximate surface area is 153 Å². The highest BCUT2D eigenvalue weighted by Gasteiger charge is 2.34. The number of aryl methyl sites for hydroxylation is 1. The SMILES string of the molecule is CNC(=O)C1CN(C(=O)c2coc(C)n2)CCN1CCc1ccccc1. The van der Waals surface area contributed by atoms with E-state index in [2.05, 4.69) is 27.3 Å². The lowest BCUT2D eigenvalue weighted by Gasteiger charge is -2.40. The van der Waals surface area contributed by atoms with Crippen LogP contribution in [0.2, 0.25) is 0 Å². The maximum Gasteiger partial charge on any atom is 0.275 e. The van der Waals surface area contributed by atoms with Crippen molar-refractivity contribution in [3.05, 3.63) is 53.7 Å². The molecule has 2 amide bonds. The minimum absolute atomic E-state index is 0.0769. The molecule has 0 saturated carbocycles. The van der Waals surface area contributed by atoms with Crippen molar-refractivity contribution in [2.75, 3.05) is 33.2 Å². The first-order valence-corrected chi connectivity index (χ1v) is 8.79. The highest BCUT2D eigenvalue weighted by atomic mass is 16.3. The minimum Gasteiger partial charge on any atom is -0.448 e. The molecule has 1 unspecified atom stereocenters. The first-order chi connectivity index (χ1) is 12.6. The van der Waals surface area contributed by atoms with Gasteiger partial charge in [0, 0.05) is 40.2 Å². The van der Waals surface area contributed by atoms with Gasteiger partial charge in [0.15, 0.2) is 11.6 Å². The second-order valence-electron chi connectivity index (χ2n) is 6.40. The Morgan fingerprint density at radius 1 is 1.27 bits per heavy atom. The topological polar surface area (TPSA) is 78.7 Å². The molecular formula is C19H24N4O3. The highest BCUT2D eigenvalue weighted by Crippen LogP contribution is 2.15. The summed E-state index contributed by atoms with van der Waals surface area (Å²) < 4.78 is 5.13. The van der Waals surface area contributed by atoms with Gasteiger partial charge in [-0.1, -0.05) is 30.3 Å². The van der Waals surface area contributed by atoms with Crippen LogP contribution in [-0.2, 0) is 11.2 Å². The Morgan fingerprint density at radius 3 is 2.69 bits per heavy atom. The summed E-state index contributed by atoms with van der Waals surface area (Å²) in [6.07, 6.45) is 2.24. The Balaban J connectivity index is 1.67. The molecule has 26 heavy (non-hydrogen) atoms. The molecule has 1 fully saturated rings. The standard InChI is InChI=1S/C19H24N4O3/c1-14-21-16(13-26-14)19(25)23-11-10-22(17(12-23)18(24)20-2)9-8-15-6-4-3-5-7-15/h3-7,13,17H,8-12H2,1-2H3,(H,20,24). The van der Waals surface area contributed by atoms with Crippen LogP contribution in [0.4, 0.5) is 0 Å². The van der Waals surface area contributed by atoms with E-state index in [0.29, 0.717) is 25.5 Å². The van der Waals surface area contributed by atoms with E-state index in [-0.39, 0.29) is 23.6 Å². The molecule has 1 N–H and O–H groups in total. The van der Waals surface area contributed by atoms with E-state index in [1.165, 1.54) is 11.8 Å². The minimum atomic E-state index is -0.366. The molecule has 1 saturated heterocycles. The Morgan fingerprint density at radius 2 is 2.04 bits per heavy atom. The van der Waals surface area contributed by atoms with Crippen LogP contribution >= 0.6 is 0 Å². The normalized spacial score (nSPS) is 17.9. The summed E-state index contributed by atoms with van der Waals surface area (Å²) in [6.45, 7) is 4.03. The van der Waals surface area contributed by atoms with E-state index in [4.69, 9.17) is 4.42 Å². The zero-order valence-corrected chi connectivity index (χ0v) is 15.1. The number of hydrogen-bond acceptors (Lipinski definition) is 5. The van der Waals surface area contributed by atoms with Crippen molar-refractivity contribution < 1.29 is 14.0 Å². The fourth-order valence-electron chi connectivity index (χ4n) is 3.23. The van der Waals surface area contributed by atoms with Crippen molar-refractivity contribution >= 4 is 11.8 Å². The molecule has 1 aliphatic rings. The van der Waals surface area contributed by atoms with Crippen molar-refractivity contribution in [2.24, 2.45) is 0 Å². The summed E-state index contributed by atoms with van der Waals surface area (Å²) in [4.78, 5) is 32.9. The van der Waals surface area contributed by atoms with E-state index in [9.17, 15) is 9.59 Å². The molecule has 2 aromatic rings. The lowest BCUT2D eigenvalue weighted by molar-refractivity contribution is -0.127. The molecule has 2 heterocycles. The molecular weight excluding hydrogens is 332 g/mol. The number of piperazine rings is 1. The number of aromatic nitrogens is 1. The van der Waals surface area contributed by atoms with Gasteiger partial charge in [-0.15, -0.1) is 0 Å². The number of carbonyl (C=O) groups excluding carboxylic acids is 2. The number of rotatable bonds is 5. The Hall–Kier alpha value is -2.67. The van der Waals surface area contributed by atoms with Gasteiger partial charge in [-0.2, -0.15) is 0 Å². The highest BCUT2D eigenvalue weighted by molar-refractivity contribution is 5.93.